The molecule has 2 rings (SSSR count). The molecule has 0 radical (unpaired) electrons. The van der Waals surface area contributed by atoms with Gasteiger partial charge in [-0.3, -0.25) is 9.78 Å². The minimum absolute atomic E-state index is 0.0121. The van der Waals surface area contributed by atoms with E-state index in [1.807, 2.05) is 0 Å². The summed E-state index contributed by atoms with van der Waals surface area (Å²) in [6.07, 6.45) is -1.04. The first-order valence-corrected chi connectivity index (χ1v) is 6.19. The van der Waals surface area contributed by atoms with Crippen LogP contribution in [0.4, 0.5) is 18.9 Å². The largest absolute Gasteiger partial charge is 0.464 e. The number of nitrogens with one attached hydrogen (secondary N) is 1. The SMILES string of the molecule is CCOc1ncc(NC(=O)c2ccc(C(F)(F)F)nc2)cn1. The van der Waals surface area contributed by atoms with E-state index in [4.69, 9.17) is 4.74 Å². The third-order valence-electron chi connectivity index (χ3n) is 2.48. The van der Waals surface area contributed by atoms with Crippen molar-refractivity contribution in [2.24, 2.45) is 0 Å². The van der Waals surface area contributed by atoms with E-state index in [-0.39, 0.29) is 17.3 Å². The van der Waals surface area contributed by atoms with Crippen molar-refractivity contribution in [3.8, 4) is 6.01 Å². The van der Waals surface area contributed by atoms with Gasteiger partial charge in [-0.25, -0.2) is 9.97 Å². The summed E-state index contributed by atoms with van der Waals surface area (Å²) in [6.45, 7) is 2.18. The summed E-state index contributed by atoms with van der Waals surface area (Å²) in [5.41, 5.74) is -0.788. The number of carbonyl (C=O) groups is 1. The standard InChI is InChI=1S/C13H11F3N4O2/c1-2-22-12-18-6-9(7-19-12)20-11(21)8-3-4-10(17-5-8)13(14,15)16/h3-7H,2H2,1H3,(H,20,21). The van der Waals surface area contributed by atoms with Crippen molar-refractivity contribution >= 4 is 11.6 Å². The van der Waals surface area contributed by atoms with Crippen LogP contribution in [-0.2, 0) is 6.18 Å². The van der Waals surface area contributed by atoms with Crippen LogP contribution >= 0.6 is 0 Å². The van der Waals surface area contributed by atoms with Gasteiger partial charge in [0.15, 0.2) is 0 Å². The molecule has 0 aliphatic carbocycles. The Morgan fingerprint density at radius 3 is 2.36 bits per heavy atom. The summed E-state index contributed by atoms with van der Waals surface area (Å²) in [5.74, 6) is -0.617. The highest BCUT2D eigenvalue weighted by Crippen LogP contribution is 2.27. The van der Waals surface area contributed by atoms with Crippen molar-refractivity contribution in [1.29, 1.82) is 0 Å². The Morgan fingerprint density at radius 1 is 1.18 bits per heavy atom. The zero-order valence-electron chi connectivity index (χ0n) is 11.4. The first-order chi connectivity index (χ1) is 10.4. The van der Waals surface area contributed by atoms with E-state index in [0.717, 1.165) is 18.3 Å². The number of pyridine rings is 1. The van der Waals surface area contributed by atoms with Gasteiger partial charge < -0.3 is 10.1 Å². The number of ether oxygens (including phenoxy) is 1. The van der Waals surface area contributed by atoms with E-state index in [0.29, 0.717) is 6.61 Å². The van der Waals surface area contributed by atoms with Crippen LogP contribution in [0.25, 0.3) is 0 Å². The van der Waals surface area contributed by atoms with Crippen molar-refractivity contribution < 1.29 is 22.7 Å². The lowest BCUT2D eigenvalue weighted by Crippen LogP contribution is -2.14. The highest BCUT2D eigenvalue weighted by Gasteiger charge is 2.32. The fourth-order valence-corrected chi connectivity index (χ4v) is 1.48. The van der Waals surface area contributed by atoms with Crippen LogP contribution in [0.5, 0.6) is 6.01 Å². The van der Waals surface area contributed by atoms with Crippen molar-refractivity contribution in [2.45, 2.75) is 13.1 Å². The van der Waals surface area contributed by atoms with Gasteiger partial charge in [0.05, 0.1) is 30.3 Å². The Kier molecular flexibility index (Phi) is 4.54. The molecule has 0 fully saturated rings. The molecule has 2 aromatic rings. The van der Waals surface area contributed by atoms with Crippen molar-refractivity contribution in [3.63, 3.8) is 0 Å². The summed E-state index contributed by atoms with van der Waals surface area (Å²) in [5, 5.41) is 2.44. The second-order valence-corrected chi connectivity index (χ2v) is 4.07. The minimum atomic E-state index is -4.54. The van der Waals surface area contributed by atoms with E-state index in [2.05, 4.69) is 20.3 Å². The Hall–Kier alpha value is -2.71. The van der Waals surface area contributed by atoms with Crippen molar-refractivity contribution in [3.05, 3.63) is 42.0 Å². The van der Waals surface area contributed by atoms with Gasteiger partial charge >= 0.3 is 12.2 Å². The van der Waals surface area contributed by atoms with E-state index in [9.17, 15) is 18.0 Å². The predicted molar refractivity (Wildman–Crippen MR) is 70.4 cm³/mol. The fraction of sp³-hybridized carbons (Fsp3) is 0.231. The molecule has 9 heteroatoms. The Balaban J connectivity index is 2.05. The molecule has 0 aliphatic rings. The number of anilines is 1. The normalized spacial score (nSPS) is 11.1. The monoisotopic (exact) mass is 312 g/mol. The lowest BCUT2D eigenvalue weighted by Gasteiger charge is -2.07. The second kappa shape index (κ2) is 6.37. The third-order valence-corrected chi connectivity index (χ3v) is 2.48. The third kappa shape index (κ3) is 3.90. The molecule has 6 nitrogen and oxygen atoms in total. The molecule has 0 unspecified atom stereocenters. The van der Waals surface area contributed by atoms with Gasteiger partial charge in [-0.15, -0.1) is 0 Å². The lowest BCUT2D eigenvalue weighted by molar-refractivity contribution is -0.141. The van der Waals surface area contributed by atoms with Gasteiger partial charge in [-0.05, 0) is 19.1 Å². The highest BCUT2D eigenvalue weighted by molar-refractivity contribution is 6.03. The molecule has 0 bridgehead atoms. The maximum Gasteiger partial charge on any atom is 0.433 e. The number of amides is 1. The molecule has 0 aliphatic heterocycles. The average Bonchev–Trinajstić information content (AvgIpc) is 2.49. The molecular formula is C13H11F3N4O2. The minimum Gasteiger partial charge on any atom is -0.464 e. The first-order valence-electron chi connectivity index (χ1n) is 6.19. The maximum atomic E-state index is 12.4. The number of halogens is 3. The zero-order chi connectivity index (χ0) is 16.2. The average molecular weight is 312 g/mol. The molecule has 116 valence electrons. The Labute approximate surface area is 123 Å². The number of hydrogen-bond donors (Lipinski definition) is 1. The second-order valence-electron chi connectivity index (χ2n) is 4.07. The van der Waals surface area contributed by atoms with E-state index >= 15 is 0 Å². The quantitative estimate of drug-likeness (QED) is 0.939. The van der Waals surface area contributed by atoms with Gasteiger partial charge in [-0.2, -0.15) is 13.2 Å². The van der Waals surface area contributed by atoms with Crippen LogP contribution in [0.2, 0.25) is 0 Å². The Morgan fingerprint density at radius 2 is 1.86 bits per heavy atom. The molecule has 22 heavy (non-hydrogen) atoms. The summed E-state index contributed by atoms with van der Waals surface area (Å²) in [6, 6.07) is 1.95. The molecule has 0 atom stereocenters. The number of nitrogens with zero attached hydrogens (tertiary/aromatic N) is 3. The van der Waals surface area contributed by atoms with Gasteiger partial charge in [0.25, 0.3) is 5.91 Å². The van der Waals surface area contributed by atoms with Gasteiger partial charge in [0, 0.05) is 6.20 Å². The topological polar surface area (TPSA) is 77.0 Å². The van der Waals surface area contributed by atoms with Crippen LogP contribution < -0.4 is 10.1 Å². The molecule has 1 N–H and O–H groups in total. The molecule has 0 saturated carbocycles. The lowest BCUT2D eigenvalue weighted by atomic mass is 10.2. The van der Waals surface area contributed by atoms with Crippen LogP contribution in [0.15, 0.2) is 30.7 Å². The van der Waals surface area contributed by atoms with Crippen LogP contribution in [0.3, 0.4) is 0 Å². The summed E-state index contributed by atoms with van der Waals surface area (Å²) in [4.78, 5) is 22.8. The number of carbonyl (C=O) groups excluding carboxylic acids is 1. The summed E-state index contributed by atoms with van der Waals surface area (Å²) in [7, 11) is 0. The van der Waals surface area contributed by atoms with E-state index < -0.39 is 17.8 Å². The number of rotatable bonds is 4. The smallest absolute Gasteiger partial charge is 0.433 e. The molecule has 0 saturated heterocycles. The summed E-state index contributed by atoms with van der Waals surface area (Å²) < 4.78 is 42.2. The zero-order valence-corrected chi connectivity index (χ0v) is 11.4. The maximum absolute atomic E-state index is 12.4. The van der Waals surface area contributed by atoms with Crippen LogP contribution in [0, 0.1) is 0 Å². The van der Waals surface area contributed by atoms with Crippen molar-refractivity contribution in [2.75, 3.05) is 11.9 Å². The van der Waals surface area contributed by atoms with Gasteiger partial charge in [0.1, 0.15) is 5.69 Å². The number of aromatic nitrogens is 3. The molecule has 1 amide bonds. The van der Waals surface area contributed by atoms with Gasteiger partial charge in [-0.1, -0.05) is 0 Å². The van der Waals surface area contributed by atoms with Crippen LogP contribution in [-0.4, -0.2) is 27.5 Å². The number of alkyl halides is 3. The molecule has 2 heterocycles. The summed E-state index contributed by atoms with van der Waals surface area (Å²) >= 11 is 0. The van der Waals surface area contributed by atoms with Gasteiger partial charge in [0.2, 0.25) is 0 Å². The van der Waals surface area contributed by atoms with E-state index in [1.165, 1.54) is 12.4 Å². The fourth-order valence-electron chi connectivity index (χ4n) is 1.48. The molecular weight excluding hydrogens is 301 g/mol. The highest BCUT2D eigenvalue weighted by atomic mass is 19.4. The van der Waals surface area contributed by atoms with E-state index in [1.54, 1.807) is 6.92 Å². The predicted octanol–water partition coefficient (Wildman–Crippen LogP) is 2.54. The Bertz CT molecular complexity index is 642. The van der Waals surface area contributed by atoms with Crippen LogP contribution in [0.1, 0.15) is 23.0 Å². The molecule has 0 aromatic carbocycles. The van der Waals surface area contributed by atoms with Crippen molar-refractivity contribution in [1.82, 2.24) is 15.0 Å². The first kappa shape index (κ1) is 15.7. The number of hydrogen-bond acceptors (Lipinski definition) is 5. The molecule has 0 spiro atoms. The molecule has 2 aromatic heterocycles.